The number of aryl methyl sites for hydroxylation is 1. The molecule has 0 atom stereocenters. The summed E-state index contributed by atoms with van der Waals surface area (Å²) in [4.78, 5) is 31.3. The summed E-state index contributed by atoms with van der Waals surface area (Å²) < 4.78 is 24.8. The summed E-state index contributed by atoms with van der Waals surface area (Å²) in [6.07, 6.45) is 3.71. The molecule has 0 radical (unpaired) electrons. The van der Waals surface area contributed by atoms with Crippen molar-refractivity contribution < 1.29 is 23.4 Å². The van der Waals surface area contributed by atoms with Crippen molar-refractivity contribution in [1.82, 2.24) is 9.66 Å². The zero-order chi connectivity index (χ0) is 33.6. The fourth-order valence-corrected chi connectivity index (χ4v) is 5.30. The molecule has 0 aliphatic carbocycles. The van der Waals surface area contributed by atoms with Crippen LogP contribution in [-0.4, -0.2) is 42.1 Å². The van der Waals surface area contributed by atoms with Crippen LogP contribution in [0.3, 0.4) is 0 Å². The van der Waals surface area contributed by atoms with Crippen molar-refractivity contribution in [2.24, 2.45) is 5.10 Å². The van der Waals surface area contributed by atoms with Gasteiger partial charge in [0, 0.05) is 11.3 Å². The lowest BCUT2D eigenvalue weighted by Crippen LogP contribution is -2.21. The molecule has 6 aromatic rings. The fraction of sp³-hybridized carbons (Fsp3) is 0.158. The molecule has 2 heterocycles. The lowest BCUT2D eigenvalue weighted by Gasteiger charge is -2.16. The molecule has 0 spiro atoms. The molecule has 0 fully saturated rings. The van der Waals surface area contributed by atoms with Gasteiger partial charge in [-0.05, 0) is 80.4 Å². The Labute approximate surface area is 276 Å². The molecule has 4 aromatic carbocycles. The summed E-state index contributed by atoms with van der Waals surface area (Å²) in [6.45, 7) is 7.85. The van der Waals surface area contributed by atoms with Crippen LogP contribution >= 0.6 is 0 Å². The van der Waals surface area contributed by atoms with Crippen LogP contribution < -0.4 is 25.1 Å². The number of hydrogen-bond donors (Lipinski definition) is 1. The summed E-state index contributed by atoms with van der Waals surface area (Å²) in [5.41, 5.74) is 3.86. The molecular formula is C38H34N4O6. The number of fused-ring (bicyclic) bond motifs is 2. The summed E-state index contributed by atoms with van der Waals surface area (Å²) in [7, 11) is 1.59. The van der Waals surface area contributed by atoms with Crippen LogP contribution in [0.25, 0.3) is 33.5 Å². The number of ether oxygens (including phenoxy) is 3. The van der Waals surface area contributed by atoms with Crippen molar-refractivity contribution in [3.8, 4) is 28.8 Å². The third kappa shape index (κ3) is 6.68. The highest BCUT2D eigenvalue weighted by atomic mass is 16.5. The van der Waals surface area contributed by atoms with Crippen LogP contribution in [-0.2, 0) is 11.2 Å². The predicted molar refractivity (Wildman–Crippen MR) is 188 cm³/mol. The first kappa shape index (κ1) is 31.8. The Bertz CT molecular complexity index is 2220. The van der Waals surface area contributed by atoms with E-state index in [9.17, 15) is 9.59 Å². The van der Waals surface area contributed by atoms with E-state index in [-0.39, 0.29) is 23.9 Å². The Morgan fingerprint density at radius 2 is 1.81 bits per heavy atom. The Morgan fingerprint density at radius 3 is 2.58 bits per heavy atom. The number of furan rings is 1. The Kier molecular flexibility index (Phi) is 9.33. The standard InChI is InChI=1S/C38H34N4O6/c1-5-10-26-19-25(20-33(46-6-2)36(26)47-23-35(43)40-27-17-15-24(3)16-18-27)22-39-42-37(41-30-12-8-7-11-28(30)38(42)44)34-21-29-31(45-4)13-9-14-32(29)48-34/h5,7-9,11-22H,1,6,10,23H2,2-4H3,(H,40,43). The molecule has 48 heavy (non-hydrogen) atoms. The number of carbonyl (C=O) groups excluding carboxylic acids is 1. The third-order valence-electron chi connectivity index (χ3n) is 7.54. The number of hydrogen-bond acceptors (Lipinski definition) is 8. The molecular weight excluding hydrogens is 608 g/mol. The van der Waals surface area contributed by atoms with Gasteiger partial charge >= 0.3 is 0 Å². The number of para-hydroxylation sites is 1. The lowest BCUT2D eigenvalue weighted by atomic mass is 10.1. The van der Waals surface area contributed by atoms with Gasteiger partial charge in [-0.25, -0.2) is 4.98 Å². The maximum absolute atomic E-state index is 13.8. The first-order chi connectivity index (χ1) is 23.4. The van der Waals surface area contributed by atoms with Crippen molar-refractivity contribution in [3.05, 3.63) is 125 Å². The summed E-state index contributed by atoms with van der Waals surface area (Å²) in [5, 5.41) is 8.61. The van der Waals surface area contributed by atoms with Gasteiger partial charge in [-0.2, -0.15) is 9.78 Å². The minimum Gasteiger partial charge on any atom is -0.496 e. The number of rotatable bonds is 12. The maximum atomic E-state index is 13.8. The number of carbonyl (C=O) groups is 1. The number of aromatic nitrogens is 2. The number of nitrogens with one attached hydrogen (secondary N) is 1. The second-order valence-electron chi connectivity index (χ2n) is 10.9. The fourth-order valence-electron chi connectivity index (χ4n) is 5.30. The van der Waals surface area contributed by atoms with Gasteiger partial charge in [-0.1, -0.05) is 42.0 Å². The Hall–Kier alpha value is -6.16. The van der Waals surface area contributed by atoms with Crippen molar-refractivity contribution in [2.45, 2.75) is 20.3 Å². The van der Waals surface area contributed by atoms with E-state index in [1.165, 1.54) is 4.68 Å². The summed E-state index contributed by atoms with van der Waals surface area (Å²) in [5.74, 6) is 1.75. The topological polar surface area (TPSA) is 117 Å². The van der Waals surface area contributed by atoms with E-state index < -0.39 is 0 Å². The second kappa shape index (κ2) is 14.1. The van der Waals surface area contributed by atoms with Gasteiger partial charge in [0.2, 0.25) is 5.82 Å². The van der Waals surface area contributed by atoms with Crippen molar-refractivity contribution in [2.75, 3.05) is 25.6 Å². The van der Waals surface area contributed by atoms with Gasteiger partial charge < -0.3 is 23.9 Å². The van der Waals surface area contributed by atoms with Crippen LogP contribution in [0.1, 0.15) is 23.6 Å². The van der Waals surface area contributed by atoms with E-state index in [0.29, 0.717) is 63.8 Å². The Balaban J connectivity index is 1.37. The van der Waals surface area contributed by atoms with Crippen molar-refractivity contribution in [3.63, 3.8) is 0 Å². The van der Waals surface area contributed by atoms with Crippen LogP contribution in [0.2, 0.25) is 0 Å². The molecule has 0 unspecified atom stereocenters. The largest absolute Gasteiger partial charge is 0.496 e. The number of amides is 1. The van der Waals surface area contributed by atoms with Crippen LogP contribution in [0.5, 0.6) is 17.2 Å². The van der Waals surface area contributed by atoms with Gasteiger partial charge in [0.25, 0.3) is 11.5 Å². The molecule has 0 bridgehead atoms. The number of benzene rings is 4. The number of allylic oxidation sites excluding steroid dienone is 1. The Morgan fingerprint density at radius 1 is 1.00 bits per heavy atom. The molecule has 0 saturated carbocycles. The molecule has 10 nitrogen and oxygen atoms in total. The van der Waals surface area contributed by atoms with E-state index in [2.05, 4.69) is 17.0 Å². The van der Waals surface area contributed by atoms with Gasteiger partial charge in [-0.15, -0.1) is 6.58 Å². The normalized spacial score (nSPS) is 11.2. The molecule has 10 heteroatoms. The zero-order valence-electron chi connectivity index (χ0n) is 26.9. The van der Waals surface area contributed by atoms with E-state index in [1.54, 1.807) is 49.7 Å². The first-order valence-electron chi connectivity index (χ1n) is 15.4. The lowest BCUT2D eigenvalue weighted by molar-refractivity contribution is -0.118. The second-order valence-corrected chi connectivity index (χ2v) is 10.9. The third-order valence-corrected chi connectivity index (χ3v) is 7.54. The monoisotopic (exact) mass is 642 g/mol. The van der Waals surface area contributed by atoms with E-state index >= 15 is 0 Å². The van der Waals surface area contributed by atoms with E-state index in [4.69, 9.17) is 23.6 Å². The quantitative estimate of drug-likeness (QED) is 0.111. The van der Waals surface area contributed by atoms with Crippen LogP contribution in [0.15, 0.2) is 112 Å². The van der Waals surface area contributed by atoms with Gasteiger partial charge in [0.15, 0.2) is 23.9 Å². The number of methoxy groups -OCH3 is 1. The number of nitrogens with zero attached hydrogens (tertiary/aromatic N) is 3. The van der Waals surface area contributed by atoms with E-state index in [0.717, 1.165) is 16.5 Å². The highest BCUT2D eigenvalue weighted by molar-refractivity contribution is 5.92. The highest BCUT2D eigenvalue weighted by Gasteiger charge is 2.19. The predicted octanol–water partition coefficient (Wildman–Crippen LogP) is 7.15. The minimum absolute atomic E-state index is 0.226. The highest BCUT2D eigenvalue weighted by Crippen LogP contribution is 2.35. The SMILES string of the molecule is C=CCc1cc(C=Nn2c(-c3cc4c(OC)cccc4o3)nc3ccccc3c2=O)cc(OCC)c1OCC(=O)Nc1ccc(C)cc1. The maximum Gasteiger partial charge on any atom is 0.282 e. The van der Waals surface area contributed by atoms with Gasteiger partial charge in [0.1, 0.15) is 11.3 Å². The molecule has 242 valence electrons. The minimum atomic E-state index is -0.366. The first-order valence-corrected chi connectivity index (χ1v) is 15.4. The molecule has 2 aromatic heterocycles. The molecule has 0 aliphatic rings. The molecule has 1 N–H and O–H groups in total. The van der Waals surface area contributed by atoms with Gasteiger partial charge in [-0.3, -0.25) is 9.59 Å². The molecule has 0 saturated heterocycles. The summed E-state index contributed by atoms with van der Waals surface area (Å²) in [6, 6.07) is 25.5. The van der Waals surface area contributed by atoms with E-state index in [1.807, 2.05) is 68.4 Å². The van der Waals surface area contributed by atoms with Crippen molar-refractivity contribution >= 4 is 39.7 Å². The van der Waals surface area contributed by atoms with Crippen LogP contribution in [0.4, 0.5) is 5.69 Å². The molecule has 0 aliphatic heterocycles. The number of anilines is 1. The molecule has 1 amide bonds. The molecule has 6 rings (SSSR count). The van der Waals surface area contributed by atoms with Crippen molar-refractivity contribution in [1.29, 1.82) is 0 Å². The smallest absolute Gasteiger partial charge is 0.282 e. The average molecular weight is 643 g/mol. The average Bonchev–Trinajstić information content (AvgIpc) is 3.53. The van der Waals surface area contributed by atoms with Gasteiger partial charge in [0.05, 0.1) is 36.2 Å². The summed E-state index contributed by atoms with van der Waals surface area (Å²) >= 11 is 0. The van der Waals surface area contributed by atoms with Crippen LogP contribution in [0, 0.1) is 6.92 Å². The zero-order valence-corrected chi connectivity index (χ0v) is 26.9.